The lowest BCUT2D eigenvalue weighted by Gasteiger charge is -2.22. The minimum absolute atomic E-state index is 0.186. The summed E-state index contributed by atoms with van der Waals surface area (Å²) >= 11 is 0. The zero-order valence-electron chi connectivity index (χ0n) is 9.65. The van der Waals surface area contributed by atoms with Gasteiger partial charge in [-0.2, -0.15) is 0 Å². The Balaban J connectivity index is 2.03. The van der Waals surface area contributed by atoms with Crippen LogP contribution < -0.4 is 5.73 Å². The van der Waals surface area contributed by atoms with Gasteiger partial charge >= 0.3 is 0 Å². The van der Waals surface area contributed by atoms with Crippen molar-refractivity contribution in [3.8, 4) is 0 Å². The second kappa shape index (κ2) is 5.88. The standard InChI is InChI=1S/C11H21N3O/c1-3-11(2,12)9-15-8-4-6-14-7-5-13-10-14/h5,7,10H,3-4,6,8-9,12H2,1-2H3. The van der Waals surface area contributed by atoms with E-state index in [0.29, 0.717) is 6.61 Å². The second-order valence-electron chi connectivity index (χ2n) is 4.21. The quantitative estimate of drug-likeness (QED) is 0.694. The van der Waals surface area contributed by atoms with Gasteiger partial charge in [-0.25, -0.2) is 4.98 Å². The maximum absolute atomic E-state index is 5.95. The van der Waals surface area contributed by atoms with Gasteiger partial charge in [0, 0.05) is 31.1 Å². The minimum atomic E-state index is -0.186. The van der Waals surface area contributed by atoms with E-state index in [9.17, 15) is 0 Å². The third-order valence-corrected chi connectivity index (χ3v) is 2.50. The van der Waals surface area contributed by atoms with Gasteiger partial charge in [-0.1, -0.05) is 6.92 Å². The van der Waals surface area contributed by atoms with Gasteiger partial charge in [-0.05, 0) is 19.8 Å². The number of rotatable bonds is 7. The monoisotopic (exact) mass is 211 g/mol. The van der Waals surface area contributed by atoms with E-state index in [-0.39, 0.29) is 5.54 Å². The average Bonchev–Trinajstić information content (AvgIpc) is 2.70. The predicted molar refractivity (Wildman–Crippen MR) is 60.5 cm³/mol. The van der Waals surface area contributed by atoms with Crippen molar-refractivity contribution in [3.63, 3.8) is 0 Å². The van der Waals surface area contributed by atoms with Crippen LogP contribution in [0.15, 0.2) is 18.7 Å². The summed E-state index contributed by atoms with van der Waals surface area (Å²) in [7, 11) is 0. The van der Waals surface area contributed by atoms with Gasteiger partial charge in [0.05, 0.1) is 12.9 Å². The maximum Gasteiger partial charge on any atom is 0.0945 e. The molecule has 1 atom stereocenters. The molecule has 1 unspecified atom stereocenters. The molecule has 0 amide bonds. The van der Waals surface area contributed by atoms with Crippen LogP contribution in [0.4, 0.5) is 0 Å². The molecule has 1 rings (SSSR count). The van der Waals surface area contributed by atoms with Gasteiger partial charge in [0.1, 0.15) is 0 Å². The Morgan fingerprint density at radius 1 is 1.53 bits per heavy atom. The fraction of sp³-hybridized carbons (Fsp3) is 0.727. The molecule has 1 heterocycles. The van der Waals surface area contributed by atoms with E-state index in [0.717, 1.165) is 26.0 Å². The Morgan fingerprint density at radius 2 is 2.33 bits per heavy atom. The number of aromatic nitrogens is 2. The summed E-state index contributed by atoms with van der Waals surface area (Å²) in [4.78, 5) is 3.98. The van der Waals surface area contributed by atoms with Crippen LogP contribution in [-0.4, -0.2) is 28.3 Å². The molecule has 0 aliphatic carbocycles. The van der Waals surface area contributed by atoms with Crippen LogP contribution in [0.25, 0.3) is 0 Å². The fourth-order valence-corrected chi connectivity index (χ4v) is 1.18. The predicted octanol–water partition coefficient (Wildman–Crippen LogP) is 1.42. The van der Waals surface area contributed by atoms with Crippen molar-refractivity contribution in [3.05, 3.63) is 18.7 Å². The highest BCUT2D eigenvalue weighted by Gasteiger charge is 2.14. The van der Waals surface area contributed by atoms with Gasteiger partial charge in [0.2, 0.25) is 0 Å². The molecule has 2 N–H and O–H groups in total. The summed E-state index contributed by atoms with van der Waals surface area (Å²) in [5.41, 5.74) is 5.77. The molecule has 0 saturated carbocycles. The average molecular weight is 211 g/mol. The van der Waals surface area contributed by atoms with E-state index in [1.54, 1.807) is 6.20 Å². The Kier molecular flexibility index (Phi) is 4.78. The number of hydrogen-bond acceptors (Lipinski definition) is 3. The third-order valence-electron chi connectivity index (χ3n) is 2.50. The van der Waals surface area contributed by atoms with Crippen LogP contribution in [0.1, 0.15) is 26.7 Å². The molecular weight excluding hydrogens is 190 g/mol. The summed E-state index contributed by atoms with van der Waals surface area (Å²) in [5, 5.41) is 0. The first-order valence-corrected chi connectivity index (χ1v) is 5.46. The van der Waals surface area contributed by atoms with E-state index in [2.05, 4.69) is 11.9 Å². The molecule has 0 saturated heterocycles. The highest BCUT2D eigenvalue weighted by molar-refractivity contribution is 4.76. The third kappa shape index (κ3) is 4.95. The lowest BCUT2D eigenvalue weighted by molar-refractivity contribution is 0.0857. The molecule has 15 heavy (non-hydrogen) atoms. The minimum Gasteiger partial charge on any atom is -0.379 e. The Bertz CT molecular complexity index is 257. The first-order chi connectivity index (χ1) is 7.14. The number of imidazole rings is 1. The maximum atomic E-state index is 5.95. The highest BCUT2D eigenvalue weighted by Crippen LogP contribution is 2.05. The van der Waals surface area contributed by atoms with Gasteiger partial charge in [0.15, 0.2) is 0 Å². The van der Waals surface area contributed by atoms with Crippen molar-refractivity contribution in [2.24, 2.45) is 5.73 Å². The normalized spacial score (nSPS) is 15.1. The van der Waals surface area contributed by atoms with Crippen molar-refractivity contribution < 1.29 is 4.74 Å². The van der Waals surface area contributed by atoms with Gasteiger partial charge in [-0.3, -0.25) is 0 Å². The summed E-state index contributed by atoms with van der Waals surface area (Å²) in [6, 6.07) is 0. The zero-order chi connectivity index (χ0) is 11.1. The number of ether oxygens (including phenoxy) is 1. The summed E-state index contributed by atoms with van der Waals surface area (Å²) in [6.45, 7) is 6.43. The van der Waals surface area contributed by atoms with E-state index in [4.69, 9.17) is 10.5 Å². The SMILES string of the molecule is CCC(C)(N)COCCCn1ccnc1. The van der Waals surface area contributed by atoms with Crippen LogP contribution in [0, 0.1) is 0 Å². The zero-order valence-corrected chi connectivity index (χ0v) is 9.65. The molecule has 0 aliphatic rings. The lowest BCUT2D eigenvalue weighted by atomic mass is 10.0. The van der Waals surface area contributed by atoms with Crippen LogP contribution >= 0.6 is 0 Å². The van der Waals surface area contributed by atoms with Crippen molar-refractivity contribution in [1.82, 2.24) is 9.55 Å². The molecule has 0 fully saturated rings. The molecule has 0 spiro atoms. The molecule has 0 aliphatic heterocycles. The van der Waals surface area contributed by atoms with Crippen LogP contribution in [0.2, 0.25) is 0 Å². The van der Waals surface area contributed by atoms with E-state index >= 15 is 0 Å². The number of hydrogen-bond donors (Lipinski definition) is 1. The van der Waals surface area contributed by atoms with Crippen LogP contribution in [0.5, 0.6) is 0 Å². The second-order valence-corrected chi connectivity index (χ2v) is 4.21. The summed E-state index contributed by atoms with van der Waals surface area (Å²) < 4.78 is 7.58. The molecule has 86 valence electrons. The van der Waals surface area contributed by atoms with E-state index < -0.39 is 0 Å². The largest absolute Gasteiger partial charge is 0.379 e. The highest BCUT2D eigenvalue weighted by atomic mass is 16.5. The number of aryl methyl sites for hydroxylation is 1. The van der Waals surface area contributed by atoms with Gasteiger partial charge in [-0.15, -0.1) is 0 Å². The fourth-order valence-electron chi connectivity index (χ4n) is 1.18. The molecule has 0 radical (unpaired) electrons. The molecule has 0 bridgehead atoms. The summed E-state index contributed by atoms with van der Waals surface area (Å²) in [6.07, 6.45) is 7.50. The topological polar surface area (TPSA) is 53.1 Å². The molecule has 1 aromatic rings. The van der Waals surface area contributed by atoms with Gasteiger partial charge in [0.25, 0.3) is 0 Å². The van der Waals surface area contributed by atoms with Crippen LogP contribution in [-0.2, 0) is 11.3 Å². The molecular formula is C11H21N3O. The van der Waals surface area contributed by atoms with Gasteiger partial charge < -0.3 is 15.0 Å². The lowest BCUT2D eigenvalue weighted by Crippen LogP contribution is -2.40. The number of nitrogens with two attached hydrogens (primary N) is 1. The van der Waals surface area contributed by atoms with Crippen molar-refractivity contribution in [2.45, 2.75) is 38.8 Å². The summed E-state index contributed by atoms with van der Waals surface area (Å²) in [5.74, 6) is 0. The smallest absolute Gasteiger partial charge is 0.0945 e. The Labute approximate surface area is 91.4 Å². The Morgan fingerprint density at radius 3 is 2.93 bits per heavy atom. The van der Waals surface area contributed by atoms with E-state index in [1.165, 1.54) is 0 Å². The molecule has 4 heteroatoms. The van der Waals surface area contributed by atoms with Crippen LogP contribution in [0.3, 0.4) is 0 Å². The first kappa shape index (κ1) is 12.2. The van der Waals surface area contributed by atoms with Crippen molar-refractivity contribution >= 4 is 0 Å². The molecule has 4 nitrogen and oxygen atoms in total. The molecule has 0 aromatic carbocycles. The van der Waals surface area contributed by atoms with E-state index in [1.807, 2.05) is 24.0 Å². The Hall–Kier alpha value is -0.870. The van der Waals surface area contributed by atoms with Crippen molar-refractivity contribution in [2.75, 3.05) is 13.2 Å². The number of nitrogens with zero attached hydrogens (tertiary/aromatic N) is 2. The van der Waals surface area contributed by atoms with Crippen molar-refractivity contribution in [1.29, 1.82) is 0 Å². The molecule has 1 aromatic heterocycles. The first-order valence-electron chi connectivity index (χ1n) is 5.46.